The van der Waals surface area contributed by atoms with Crippen LogP contribution in [0.2, 0.25) is 0 Å². The van der Waals surface area contributed by atoms with Gasteiger partial charge in [0.25, 0.3) is 0 Å². The molecule has 6 nitrogen and oxygen atoms in total. The van der Waals surface area contributed by atoms with Crippen LogP contribution in [0.3, 0.4) is 0 Å². The van der Waals surface area contributed by atoms with Crippen LogP contribution in [0.5, 0.6) is 0 Å². The Hall–Kier alpha value is -1.80. The summed E-state index contributed by atoms with van der Waals surface area (Å²) in [5.74, 6) is 0.0561. The Bertz CT molecular complexity index is 819. The lowest BCUT2D eigenvalue weighted by Crippen LogP contribution is -2.37. The Kier molecular flexibility index (Phi) is 4.20. The van der Waals surface area contributed by atoms with Crippen LogP contribution >= 0.6 is 0 Å². The van der Waals surface area contributed by atoms with Crippen LogP contribution in [0.25, 0.3) is 0 Å². The second kappa shape index (κ2) is 6.01. The molecule has 0 unspecified atom stereocenters. The van der Waals surface area contributed by atoms with Crippen LogP contribution in [-0.4, -0.2) is 35.8 Å². The molecule has 1 aliphatic heterocycles. The summed E-state index contributed by atoms with van der Waals surface area (Å²) in [6.07, 6.45) is 1.95. The zero-order chi connectivity index (χ0) is 16.6. The molecular weight excluding hydrogens is 321 g/mol. The second-order valence-corrected chi connectivity index (χ2v) is 8.19. The number of fused-ring (bicyclic) bond motifs is 1. The molecule has 2 heterocycles. The van der Waals surface area contributed by atoms with Crippen molar-refractivity contribution in [2.75, 3.05) is 6.26 Å². The minimum absolute atomic E-state index is 0.165. The predicted molar refractivity (Wildman–Crippen MR) is 81.7 cm³/mol. The molecular formula is C15H18FN3O3S. The van der Waals surface area contributed by atoms with Crippen molar-refractivity contribution in [1.29, 1.82) is 0 Å². The van der Waals surface area contributed by atoms with Gasteiger partial charge in [0.2, 0.25) is 5.89 Å². The van der Waals surface area contributed by atoms with Gasteiger partial charge in [0, 0.05) is 18.8 Å². The van der Waals surface area contributed by atoms with E-state index < -0.39 is 9.84 Å². The molecule has 1 atom stereocenters. The highest BCUT2D eigenvalue weighted by Gasteiger charge is 2.25. The largest absolute Gasteiger partial charge is 0.338 e. The first-order valence-electron chi connectivity index (χ1n) is 7.31. The summed E-state index contributed by atoms with van der Waals surface area (Å²) in [6, 6.07) is 5.11. The van der Waals surface area contributed by atoms with E-state index in [0.29, 0.717) is 19.0 Å². The van der Waals surface area contributed by atoms with E-state index >= 15 is 0 Å². The number of aromatic nitrogens is 2. The molecule has 0 saturated carbocycles. The second-order valence-electron chi connectivity index (χ2n) is 6.05. The van der Waals surface area contributed by atoms with Crippen molar-refractivity contribution in [3.05, 3.63) is 46.9 Å². The zero-order valence-corrected chi connectivity index (χ0v) is 13.8. The average molecular weight is 339 g/mol. The molecule has 0 aliphatic carbocycles. The highest BCUT2D eigenvalue weighted by molar-refractivity contribution is 7.89. The Morgan fingerprint density at radius 3 is 2.91 bits per heavy atom. The van der Waals surface area contributed by atoms with Gasteiger partial charge in [-0.3, -0.25) is 4.90 Å². The molecule has 23 heavy (non-hydrogen) atoms. The lowest BCUT2D eigenvalue weighted by molar-refractivity contribution is 0.153. The van der Waals surface area contributed by atoms with E-state index in [2.05, 4.69) is 22.0 Å². The van der Waals surface area contributed by atoms with Crippen molar-refractivity contribution in [3.8, 4) is 0 Å². The molecule has 0 amide bonds. The molecule has 124 valence electrons. The molecule has 8 heteroatoms. The van der Waals surface area contributed by atoms with Gasteiger partial charge in [-0.2, -0.15) is 4.98 Å². The van der Waals surface area contributed by atoms with Crippen LogP contribution in [0.1, 0.15) is 29.8 Å². The molecule has 2 aromatic rings. The standard InChI is InChI=1S/C15H18FN3O3S/c1-10-5-11-3-4-13(16)6-12(11)7-19(10)8-15-17-14(18-22-15)9-23(2,20)21/h3-4,6,10H,5,7-9H2,1-2H3/t10-/m1/s1. The molecule has 1 aromatic carbocycles. The average Bonchev–Trinajstić information content (AvgIpc) is 2.85. The van der Waals surface area contributed by atoms with Crippen molar-refractivity contribution in [2.24, 2.45) is 0 Å². The fraction of sp³-hybridized carbons (Fsp3) is 0.467. The Labute approximate surface area is 134 Å². The third-order valence-corrected chi connectivity index (χ3v) is 4.70. The van der Waals surface area contributed by atoms with Gasteiger partial charge < -0.3 is 4.52 Å². The number of benzene rings is 1. The van der Waals surface area contributed by atoms with Gasteiger partial charge in [0.15, 0.2) is 15.7 Å². The van der Waals surface area contributed by atoms with E-state index in [1.807, 2.05) is 6.07 Å². The summed E-state index contributed by atoms with van der Waals surface area (Å²) in [5.41, 5.74) is 2.11. The lowest BCUT2D eigenvalue weighted by atomic mass is 9.95. The quantitative estimate of drug-likeness (QED) is 0.844. The van der Waals surface area contributed by atoms with Crippen LogP contribution in [-0.2, 0) is 35.1 Å². The Balaban J connectivity index is 1.73. The van der Waals surface area contributed by atoms with Gasteiger partial charge >= 0.3 is 0 Å². The minimum Gasteiger partial charge on any atom is -0.338 e. The van der Waals surface area contributed by atoms with E-state index in [1.165, 1.54) is 6.07 Å². The summed E-state index contributed by atoms with van der Waals surface area (Å²) >= 11 is 0. The van der Waals surface area contributed by atoms with Crippen molar-refractivity contribution in [2.45, 2.75) is 38.2 Å². The van der Waals surface area contributed by atoms with E-state index in [-0.39, 0.29) is 23.4 Å². The predicted octanol–water partition coefficient (Wildman–Crippen LogP) is 1.70. The first kappa shape index (κ1) is 16.1. The highest BCUT2D eigenvalue weighted by atomic mass is 32.2. The maximum Gasteiger partial charge on any atom is 0.240 e. The molecule has 0 spiro atoms. The molecule has 1 aliphatic rings. The van der Waals surface area contributed by atoms with Gasteiger partial charge in [-0.1, -0.05) is 11.2 Å². The summed E-state index contributed by atoms with van der Waals surface area (Å²) < 4.78 is 41.0. The number of rotatable bonds is 4. The van der Waals surface area contributed by atoms with Crippen LogP contribution in [0.4, 0.5) is 4.39 Å². The smallest absolute Gasteiger partial charge is 0.240 e. The van der Waals surface area contributed by atoms with Gasteiger partial charge in [0.05, 0.1) is 6.54 Å². The van der Waals surface area contributed by atoms with Gasteiger partial charge in [-0.05, 0) is 36.6 Å². The SMILES string of the molecule is C[C@@H]1Cc2ccc(F)cc2CN1Cc1nc(CS(C)(=O)=O)no1. The van der Waals surface area contributed by atoms with E-state index in [1.54, 1.807) is 6.07 Å². The van der Waals surface area contributed by atoms with Gasteiger partial charge in [0.1, 0.15) is 11.6 Å². The summed E-state index contributed by atoms with van der Waals surface area (Å²) in [5, 5.41) is 3.70. The third kappa shape index (κ3) is 3.94. The number of nitrogens with zero attached hydrogens (tertiary/aromatic N) is 3. The Morgan fingerprint density at radius 2 is 2.17 bits per heavy atom. The van der Waals surface area contributed by atoms with E-state index in [0.717, 1.165) is 23.8 Å². The maximum absolute atomic E-state index is 13.4. The summed E-state index contributed by atoms with van der Waals surface area (Å²) in [6.45, 7) is 3.09. The van der Waals surface area contributed by atoms with Crippen LogP contribution in [0.15, 0.2) is 22.7 Å². The number of sulfone groups is 1. The molecule has 1 aromatic heterocycles. The van der Waals surface area contributed by atoms with Crippen molar-refractivity contribution in [3.63, 3.8) is 0 Å². The lowest BCUT2D eigenvalue weighted by Gasteiger charge is -2.33. The molecule has 0 fully saturated rings. The third-order valence-electron chi connectivity index (χ3n) is 3.92. The topological polar surface area (TPSA) is 76.3 Å². The minimum atomic E-state index is -3.19. The van der Waals surface area contributed by atoms with Gasteiger partial charge in [-0.25, -0.2) is 12.8 Å². The highest BCUT2D eigenvalue weighted by Crippen LogP contribution is 2.25. The zero-order valence-electron chi connectivity index (χ0n) is 13.0. The van der Waals surface area contributed by atoms with Crippen molar-refractivity contribution in [1.82, 2.24) is 15.0 Å². The van der Waals surface area contributed by atoms with Crippen LogP contribution < -0.4 is 0 Å². The number of halogens is 1. The summed E-state index contributed by atoms with van der Waals surface area (Å²) in [4.78, 5) is 6.24. The first-order valence-corrected chi connectivity index (χ1v) is 9.37. The number of hydrogen-bond acceptors (Lipinski definition) is 6. The van der Waals surface area contributed by atoms with Crippen LogP contribution in [0, 0.1) is 5.82 Å². The number of hydrogen-bond donors (Lipinski definition) is 0. The van der Waals surface area contributed by atoms with E-state index in [4.69, 9.17) is 4.52 Å². The van der Waals surface area contributed by atoms with Gasteiger partial charge in [-0.15, -0.1) is 0 Å². The normalized spacial score (nSPS) is 18.8. The molecule has 3 rings (SSSR count). The monoisotopic (exact) mass is 339 g/mol. The maximum atomic E-state index is 13.4. The fourth-order valence-electron chi connectivity index (χ4n) is 2.80. The van der Waals surface area contributed by atoms with E-state index in [9.17, 15) is 12.8 Å². The first-order chi connectivity index (χ1) is 10.8. The molecule has 0 bridgehead atoms. The Morgan fingerprint density at radius 1 is 1.39 bits per heavy atom. The summed E-state index contributed by atoms with van der Waals surface area (Å²) in [7, 11) is -3.19. The molecule has 0 saturated heterocycles. The molecule has 0 radical (unpaired) electrons. The fourth-order valence-corrected chi connectivity index (χ4v) is 3.38. The molecule has 0 N–H and O–H groups in total. The van der Waals surface area contributed by atoms with Crippen molar-refractivity contribution < 1.29 is 17.3 Å². The van der Waals surface area contributed by atoms with Crippen molar-refractivity contribution >= 4 is 9.84 Å².